The summed E-state index contributed by atoms with van der Waals surface area (Å²) in [4.78, 5) is 13.5. The standard InChI is InChI=1S/C28H33IN2O2/c1-33-26-13-12-22(16-23(26)19-30)21-10-8-20(9-11-21)18-28(14-3-2-4-15-28)27(32)31-25-7-5-6-24(29)17-25/h5-7,12-13,16-17,20-21H,2-4,8-11,14-15,18H2,1H3,(H,31,32)/t20-,21-. The monoisotopic (exact) mass is 556 g/mol. The molecule has 2 aromatic rings. The zero-order chi connectivity index (χ0) is 23.3. The molecule has 4 rings (SSSR count). The van der Waals surface area contributed by atoms with Gasteiger partial charge in [0.1, 0.15) is 11.8 Å². The number of methoxy groups -OCH3 is 1. The Bertz CT molecular complexity index is 1010. The van der Waals surface area contributed by atoms with Gasteiger partial charge in [-0.15, -0.1) is 0 Å². The minimum Gasteiger partial charge on any atom is -0.495 e. The number of benzene rings is 2. The lowest BCUT2D eigenvalue weighted by Gasteiger charge is -2.40. The molecule has 2 saturated carbocycles. The topological polar surface area (TPSA) is 62.1 Å². The summed E-state index contributed by atoms with van der Waals surface area (Å²) in [5.41, 5.74) is 2.54. The van der Waals surface area contributed by atoms with E-state index >= 15 is 0 Å². The number of nitrogens with one attached hydrogen (secondary N) is 1. The molecular weight excluding hydrogens is 523 g/mol. The first-order chi connectivity index (χ1) is 16.0. The molecule has 2 aliphatic carbocycles. The van der Waals surface area contributed by atoms with Crippen LogP contribution in [-0.4, -0.2) is 13.0 Å². The molecular formula is C28H33IN2O2. The van der Waals surface area contributed by atoms with Gasteiger partial charge < -0.3 is 10.1 Å². The molecule has 5 heteroatoms. The van der Waals surface area contributed by atoms with Crippen LogP contribution in [0.1, 0.15) is 81.3 Å². The van der Waals surface area contributed by atoms with Crippen molar-refractivity contribution in [1.29, 1.82) is 5.26 Å². The number of anilines is 1. The van der Waals surface area contributed by atoms with Crippen molar-refractivity contribution in [3.05, 3.63) is 57.2 Å². The second-order valence-corrected chi connectivity index (χ2v) is 11.0. The molecule has 1 N–H and O–H groups in total. The SMILES string of the molecule is COc1ccc([C@H]2CC[C@H](CC3(C(=O)Nc4cccc(I)c4)CCCCC3)CC2)cc1C#N. The number of carbonyl (C=O) groups is 1. The summed E-state index contributed by atoms with van der Waals surface area (Å²) in [5.74, 6) is 1.95. The summed E-state index contributed by atoms with van der Waals surface area (Å²) in [6.45, 7) is 0. The Morgan fingerprint density at radius 2 is 1.88 bits per heavy atom. The van der Waals surface area contributed by atoms with Gasteiger partial charge in [0.2, 0.25) is 5.91 Å². The van der Waals surface area contributed by atoms with Gasteiger partial charge in [-0.25, -0.2) is 0 Å². The van der Waals surface area contributed by atoms with E-state index in [0.717, 1.165) is 67.0 Å². The summed E-state index contributed by atoms with van der Waals surface area (Å²) in [5, 5.41) is 12.7. The van der Waals surface area contributed by atoms with Crippen molar-refractivity contribution in [3.63, 3.8) is 0 Å². The van der Waals surface area contributed by atoms with Crippen molar-refractivity contribution in [2.45, 2.75) is 70.1 Å². The number of nitrogens with zero attached hydrogens (tertiary/aromatic N) is 1. The molecule has 2 aromatic carbocycles. The van der Waals surface area contributed by atoms with Crippen LogP contribution >= 0.6 is 22.6 Å². The van der Waals surface area contributed by atoms with Crippen LogP contribution in [0.15, 0.2) is 42.5 Å². The number of amides is 1. The Kier molecular flexibility index (Phi) is 7.95. The third-order valence-corrected chi connectivity index (χ3v) is 8.39. The Labute approximate surface area is 211 Å². The fourth-order valence-corrected chi connectivity index (χ4v) is 6.44. The highest BCUT2D eigenvalue weighted by molar-refractivity contribution is 14.1. The quantitative estimate of drug-likeness (QED) is 0.377. The molecule has 2 fully saturated rings. The van der Waals surface area contributed by atoms with Crippen molar-refractivity contribution >= 4 is 34.2 Å². The Balaban J connectivity index is 1.41. The van der Waals surface area contributed by atoms with E-state index in [4.69, 9.17) is 4.74 Å². The molecule has 0 aromatic heterocycles. The predicted molar refractivity (Wildman–Crippen MR) is 140 cm³/mol. The Hall–Kier alpha value is -2.07. The van der Waals surface area contributed by atoms with Crippen LogP contribution in [0.5, 0.6) is 5.75 Å². The molecule has 174 valence electrons. The van der Waals surface area contributed by atoms with Crippen LogP contribution in [0.25, 0.3) is 0 Å². The lowest BCUT2D eigenvalue weighted by atomic mass is 9.65. The molecule has 0 heterocycles. The second kappa shape index (κ2) is 10.9. The highest BCUT2D eigenvalue weighted by Crippen LogP contribution is 2.47. The fourth-order valence-electron chi connectivity index (χ4n) is 5.90. The van der Waals surface area contributed by atoms with Gasteiger partial charge in [0.05, 0.1) is 12.7 Å². The molecule has 0 aliphatic heterocycles. The maximum Gasteiger partial charge on any atom is 0.230 e. The minimum atomic E-state index is -0.231. The average Bonchev–Trinajstić information content (AvgIpc) is 2.84. The zero-order valence-electron chi connectivity index (χ0n) is 19.4. The van der Waals surface area contributed by atoms with E-state index in [9.17, 15) is 10.1 Å². The number of rotatable bonds is 6. The van der Waals surface area contributed by atoms with Crippen LogP contribution in [0.2, 0.25) is 0 Å². The predicted octanol–water partition coefficient (Wildman–Crippen LogP) is 7.42. The summed E-state index contributed by atoms with van der Waals surface area (Å²) in [6.07, 6.45) is 11.1. The normalized spacial score (nSPS) is 22.2. The maximum absolute atomic E-state index is 13.5. The van der Waals surface area contributed by atoms with E-state index < -0.39 is 0 Å². The van der Waals surface area contributed by atoms with E-state index in [1.807, 2.05) is 36.4 Å². The largest absolute Gasteiger partial charge is 0.495 e. The van der Waals surface area contributed by atoms with Gasteiger partial charge in [0, 0.05) is 14.7 Å². The molecule has 2 aliphatic rings. The summed E-state index contributed by atoms with van der Waals surface area (Å²) in [6, 6.07) is 16.4. The van der Waals surface area contributed by atoms with E-state index in [1.165, 1.54) is 12.0 Å². The van der Waals surface area contributed by atoms with E-state index in [-0.39, 0.29) is 11.3 Å². The van der Waals surface area contributed by atoms with Crippen molar-refractivity contribution < 1.29 is 9.53 Å². The van der Waals surface area contributed by atoms with Gasteiger partial charge >= 0.3 is 0 Å². The Morgan fingerprint density at radius 1 is 1.12 bits per heavy atom. The van der Waals surface area contributed by atoms with Crippen molar-refractivity contribution in [2.75, 3.05) is 12.4 Å². The molecule has 0 atom stereocenters. The second-order valence-electron chi connectivity index (χ2n) is 9.80. The van der Waals surface area contributed by atoms with E-state index in [0.29, 0.717) is 23.1 Å². The highest BCUT2D eigenvalue weighted by atomic mass is 127. The lowest BCUT2D eigenvalue weighted by Crippen LogP contribution is -2.40. The van der Waals surface area contributed by atoms with Gasteiger partial charge in [-0.1, -0.05) is 31.4 Å². The molecule has 1 amide bonds. The number of nitriles is 1. The third kappa shape index (κ3) is 5.71. The molecule has 4 nitrogen and oxygen atoms in total. The van der Waals surface area contributed by atoms with Crippen LogP contribution in [0.3, 0.4) is 0 Å². The number of hydrogen-bond acceptors (Lipinski definition) is 3. The minimum absolute atomic E-state index is 0.222. The maximum atomic E-state index is 13.5. The zero-order valence-corrected chi connectivity index (χ0v) is 21.6. The molecule has 33 heavy (non-hydrogen) atoms. The summed E-state index contributed by atoms with van der Waals surface area (Å²) < 4.78 is 6.44. The number of ether oxygens (including phenoxy) is 1. The first-order valence-corrected chi connectivity index (χ1v) is 13.3. The number of hydrogen-bond donors (Lipinski definition) is 1. The summed E-state index contributed by atoms with van der Waals surface area (Å²) >= 11 is 2.29. The van der Waals surface area contributed by atoms with Gasteiger partial charge in [0.15, 0.2) is 0 Å². The van der Waals surface area contributed by atoms with Gasteiger partial charge in [-0.2, -0.15) is 5.26 Å². The lowest BCUT2D eigenvalue weighted by molar-refractivity contribution is -0.128. The smallest absolute Gasteiger partial charge is 0.230 e. The van der Waals surface area contributed by atoms with E-state index in [2.05, 4.69) is 40.0 Å². The average molecular weight is 556 g/mol. The van der Waals surface area contributed by atoms with Gasteiger partial charge in [0.25, 0.3) is 0 Å². The van der Waals surface area contributed by atoms with Crippen LogP contribution in [0, 0.1) is 26.2 Å². The molecule has 0 radical (unpaired) electrons. The van der Waals surface area contributed by atoms with Crippen LogP contribution < -0.4 is 10.1 Å². The highest BCUT2D eigenvalue weighted by Gasteiger charge is 2.42. The molecule has 0 spiro atoms. The van der Waals surface area contributed by atoms with E-state index in [1.54, 1.807) is 7.11 Å². The first-order valence-electron chi connectivity index (χ1n) is 12.2. The Morgan fingerprint density at radius 3 is 2.55 bits per heavy atom. The van der Waals surface area contributed by atoms with Crippen molar-refractivity contribution in [1.82, 2.24) is 0 Å². The van der Waals surface area contributed by atoms with Crippen LogP contribution in [-0.2, 0) is 4.79 Å². The molecule has 0 bridgehead atoms. The van der Waals surface area contributed by atoms with Crippen molar-refractivity contribution in [3.8, 4) is 11.8 Å². The number of carbonyl (C=O) groups excluding carboxylic acids is 1. The van der Waals surface area contributed by atoms with Crippen molar-refractivity contribution in [2.24, 2.45) is 11.3 Å². The summed E-state index contributed by atoms with van der Waals surface area (Å²) in [7, 11) is 1.61. The molecule has 0 unspecified atom stereocenters. The third-order valence-electron chi connectivity index (χ3n) is 7.72. The van der Waals surface area contributed by atoms with Gasteiger partial charge in [-0.05, 0) is 115 Å². The van der Waals surface area contributed by atoms with Gasteiger partial charge in [-0.3, -0.25) is 4.79 Å². The van der Waals surface area contributed by atoms with Crippen LogP contribution in [0.4, 0.5) is 5.69 Å². The fraction of sp³-hybridized carbons (Fsp3) is 0.500. The first kappa shape index (κ1) is 24.1. The number of halogens is 1. The molecule has 0 saturated heterocycles.